The van der Waals surface area contributed by atoms with E-state index >= 15 is 0 Å². The second-order valence-corrected chi connectivity index (χ2v) is 9.57. The van der Waals surface area contributed by atoms with Crippen LogP contribution in [0, 0.1) is 0 Å². The van der Waals surface area contributed by atoms with Crippen molar-refractivity contribution in [3.8, 4) is 5.69 Å². The second-order valence-electron chi connectivity index (χ2n) is 8.75. The van der Waals surface area contributed by atoms with E-state index in [2.05, 4.69) is 15.8 Å². The summed E-state index contributed by atoms with van der Waals surface area (Å²) in [6, 6.07) is 12.6. The minimum atomic E-state index is -0.290. The van der Waals surface area contributed by atoms with Crippen molar-refractivity contribution in [2.24, 2.45) is 0 Å². The molecule has 0 fully saturated rings. The molecule has 0 bridgehead atoms. The van der Waals surface area contributed by atoms with Crippen molar-refractivity contribution < 1.29 is 14.1 Å². The zero-order chi connectivity index (χ0) is 27.0. The third-order valence-electron chi connectivity index (χ3n) is 6.33. The molecule has 2 aromatic heterocycles. The van der Waals surface area contributed by atoms with Gasteiger partial charge in [-0.3, -0.25) is 14.4 Å². The lowest BCUT2D eigenvalue weighted by atomic mass is 9.98. The minimum Gasteiger partial charge on any atom is -0.363 e. The first-order valence-corrected chi connectivity index (χ1v) is 12.4. The average Bonchev–Trinajstić information content (AvgIpc) is 3.43. The van der Waals surface area contributed by atoms with Crippen molar-refractivity contribution in [3.05, 3.63) is 97.6 Å². The topological polar surface area (TPSA) is 122 Å². The van der Waals surface area contributed by atoms with Crippen molar-refractivity contribution >= 4 is 46.8 Å². The molecule has 0 aliphatic carbocycles. The normalized spacial score (nSPS) is 14.6. The number of rotatable bonds is 5. The van der Waals surface area contributed by atoms with Gasteiger partial charge in [0.05, 0.1) is 28.0 Å². The molecule has 12 heteroatoms. The number of fused-ring (bicyclic) bond motifs is 1. The third-order valence-corrected chi connectivity index (χ3v) is 7.07. The highest BCUT2D eigenvalue weighted by Gasteiger charge is 2.32. The quantitative estimate of drug-likeness (QED) is 0.380. The largest absolute Gasteiger partial charge is 0.363 e. The Balaban J connectivity index is 1.57. The van der Waals surface area contributed by atoms with E-state index in [4.69, 9.17) is 32.7 Å². The van der Waals surface area contributed by atoms with Crippen LogP contribution in [0.1, 0.15) is 38.9 Å². The summed E-state index contributed by atoms with van der Waals surface area (Å²) in [5.74, 6) is 0.0461. The van der Waals surface area contributed by atoms with E-state index < -0.39 is 0 Å². The molecule has 0 spiro atoms. The highest BCUT2D eigenvalue weighted by molar-refractivity contribution is 6.42. The molecule has 3 heterocycles. The van der Waals surface area contributed by atoms with Gasteiger partial charge < -0.3 is 20.1 Å². The van der Waals surface area contributed by atoms with Crippen LogP contribution >= 0.6 is 23.2 Å². The molecule has 0 unspecified atom stereocenters. The van der Waals surface area contributed by atoms with Crippen LogP contribution in [-0.4, -0.2) is 44.5 Å². The van der Waals surface area contributed by atoms with Gasteiger partial charge in [0.1, 0.15) is 6.26 Å². The molecular formula is C26H22Cl2N6O4. The molecule has 0 saturated carbocycles. The number of carbonyl (C=O) groups excluding carboxylic acids is 2. The van der Waals surface area contributed by atoms with E-state index in [9.17, 15) is 14.4 Å². The number of benzene rings is 2. The first-order chi connectivity index (χ1) is 18.3. The lowest BCUT2D eigenvalue weighted by molar-refractivity contribution is 0.0653. The van der Waals surface area contributed by atoms with Gasteiger partial charge in [-0.25, -0.2) is 9.55 Å². The summed E-state index contributed by atoms with van der Waals surface area (Å²) < 4.78 is 6.33. The van der Waals surface area contributed by atoms with Gasteiger partial charge in [0.15, 0.2) is 5.82 Å². The first-order valence-electron chi connectivity index (χ1n) is 11.7. The van der Waals surface area contributed by atoms with E-state index in [0.717, 1.165) is 0 Å². The highest BCUT2D eigenvalue weighted by atomic mass is 35.5. The summed E-state index contributed by atoms with van der Waals surface area (Å²) in [5, 5.41) is 10.1. The highest BCUT2D eigenvalue weighted by Crippen LogP contribution is 2.28. The SMILES string of the molecule is CNC(=O)c1ccc(-n2c(Nc3ccon3)nc3c(c2=O)C[C@@H](C)N(C(=O)c2ccc(Cl)c(Cl)c2)C3)cc1. The number of halogens is 2. The molecule has 5 rings (SSSR count). The summed E-state index contributed by atoms with van der Waals surface area (Å²) in [7, 11) is 1.55. The molecular weight excluding hydrogens is 531 g/mol. The Labute approximate surface area is 227 Å². The fourth-order valence-electron chi connectivity index (χ4n) is 4.35. The van der Waals surface area contributed by atoms with Crippen molar-refractivity contribution in [3.63, 3.8) is 0 Å². The Morgan fingerprint density at radius 3 is 2.45 bits per heavy atom. The zero-order valence-electron chi connectivity index (χ0n) is 20.4. The average molecular weight is 553 g/mol. The number of carbonyl (C=O) groups is 2. The molecule has 0 saturated heterocycles. The van der Waals surface area contributed by atoms with E-state index in [1.165, 1.54) is 16.9 Å². The van der Waals surface area contributed by atoms with Crippen LogP contribution in [0.2, 0.25) is 10.0 Å². The number of nitrogens with zero attached hydrogens (tertiary/aromatic N) is 4. The van der Waals surface area contributed by atoms with Crippen molar-refractivity contribution in [2.45, 2.75) is 25.9 Å². The summed E-state index contributed by atoms with van der Waals surface area (Å²) in [4.78, 5) is 45.6. The van der Waals surface area contributed by atoms with Gasteiger partial charge in [-0.2, -0.15) is 0 Å². The van der Waals surface area contributed by atoms with E-state index in [-0.39, 0.29) is 40.9 Å². The van der Waals surface area contributed by atoms with Gasteiger partial charge in [0.25, 0.3) is 17.4 Å². The Bertz CT molecular complexity index is 1580. The van der Waals surface area contributed by atoms with Crippen LogP contribution in [-0.2, 0) is 13.0 Å². The smallest absolute Gasteiger partial charge is 0.263 e. The van der Waals surface area contributed by atoms with Gasteiger partial charge in [0.2, 0.25) is 5.95 Å². The number of amides is 2. The van der Waals surface area contributed by atoms with Gasteiger partial charge >= 0.3 is 0 Å². The second kappa shape index (κ2) is 10.3. The Hall–Kier alpha value is -4.15. The maximum atomic E-state index is 13.8. The molecule has 1 atom stereocenters. The summed E-state index contributed by atoms with van der Waals surface area (Å²) in [5.41, 5.74) is 2.02. The van der Waals surface area contributed by atoms with Crippen LogP contribution in [0.3, 0.4) is 0 Å². The summed E-state index contributed by atoms with van der Waals surface area (Å²) >= 11 is 12.1. The lowest BCUT2D eigenvalue weighted by Gasteiger charge is -2.34. The molecule has 1 aliphatic rings. The Kier molecular flexibility index (Phi) is 6.92. The third kappa shape index (κ3) is 4.75. The number of hydrogen-bond acceptors (Lipinski definition) is 7. The molecule has 4 aromatic rings. The molecule has 10 nitrogen and oxygen atoms in total. The molecule has 2 N–H and O–H groups in total. The van der Waals surface area contributed by atoms with Gasteiger partial charge in [0, 0.05) is 35.8 Å². The van der Waals surface area contributed by atoms with Crippen molar-refractivity contribution in [2.75, 3.05) is 12.4 Å². The molecule has 0 radical (unpaired) electrons. The van der Waals surface area contributed by atoms with Crippen molar-refractivity contribution in [1.29, 1.82) is 0 Å². The van der Waals surface area contributed by atoms with Crippen molar-refractivity contribution in [1.82, 2.24) is 24.9 Å². The Morgan fingerprint density at radius 2 is 1.79 bits per heavy atom. The molecule has 2 aromatic carbocycles. The van der Waals surface area contributed by atoms with Gasteiger partial charge in [-0.15, -0.1) is 0 Å². The van der Waals surface area contributed by atoms with Crippen LogP contribution in [0.4, 0.5) is 11.8 Å². The van der Waals surface area contributed by atoms with Gasteiger partial charge in [-0.1, -0.05) is 28.4 Å². The lowest BCUT2D eigenvalue weighted by Crippen LogP contribution is -2.46. The first kappa shape index (κ1) is 25.5. The summed E-state index contributed by atoms with van der Waals surface area (Å²) in [6.07, 6.45) is 1.69. The number of hydrogen-bond donors (Lipinski definition) is 2. The van der Waals surface area contributed by atoms with Gasteiger partial charge in [-0.05, 0) is 55.8 Å². The van der Waals surface area contributed by atoms with Crippen LogP contribution in [0.25, 0.3) is 5.69 Å². The zero-order valence-corrected chi connectivity index (χ0v) is 21.9. The molecule has 194 valence electrons. The van der Waals surface area contributed by atoms with E-state index in [1.807, 2.05) is 6.92 Å². The maximum absolute atomic E-state index is 13.8. The fourth-order valence-corrected chi connectivity index (χ4v) is 4.64. The monoisotopic (exact) mass is 552 g/mol. The maximum Gasteiger partial charge on any atom is 0.263 e. The number of anilines is 2. The molecule has 1 aliphatic heterocycles. The van der Waals surface area contributed by atoms with E-state index in [0.29, 0.717) is 45.3 Å². The molecule has 38 heavy (non-hydrogen) atoms. The van der Waals surface area contributed by atoms with Crippen LogP contribution in [0.5, 0.6) is 0 Å². The summed E-state index contributed by atoms with van der Waals surface area (Å²) in [6.45, 7) is 2.00. The standard InChI is InChI=1S/C26H22Cl2N6O4/c1-14-11-18-21(13-33(14)24(36)16-5-8-19(27)20(28)12-16)30-26(31-22-9-10-38-32-22)34(25(18)37)17-6-3-15(4-7-17)23(35)29-2/h3-10,12,14H,11,13H2,1-2H3,(H,29,35)(H,30,31,32)/t14-/m1/s1. The molecule has 2 amide bonds. The number of aromatic nitrogens is 3. The minimum absolute atomic E-state index is 0.120. The predicted octanol–water partition coefficient (Wildman–Crippen LogP) is 4.22. The van der Waals surface area contributed by atoms with E-state index in [1.54, 1.807) is 54.4 Å². The number of nitrogens with one attached hydrogen (secondary N) is 2. The van der Waals surface area contributed by atoms with Crippen LogP contribution in [0.15, 0.2) is 64.1 Å². The fraction of sp³-hybridized carbons (Fsp3) is 0.192. The van der Waals surface area contributed by atoms with Crippen LogP contribution < -0.4 is 16.2 Å². The Morgan fingerprint density at radius 1 is 1.05 bits per heavy atom. The predicted molar refractivity (Wildman–Crippen MR) is 143 cm³/mol.